The number of carbonyl (C=O) groups excluding carboxylic acids is 2. The first-order valence-electron chi connectivity index (χ1n) is 9.86. The molecule has 4 saturated carbocycles. The van der Waals surface area contributed by atoms with Crippen LogP contribution in [0.3, 0.4) is 0 Å². The minimum Gasteiger partial charge on any atom is -0.383 e. The van der Waals surface area contributed by atoms with Crippen molar-refractivity contribution in [2.75, 3.05) is 39.9 Å². The molecule has 0 atom stereocenters. The maximum Gasteiger partial charge on any atom is 0.226 e. The molecule has 0 spiro atoms. The van der Waals surface area contributed by atoms with Gasteiger partial charge in [-0.2, -0.15) is 0 Å². The Morgan fingerprint density at radius 3 is 2.12 bits per heavy atom. The monoisotopic (exact) mass is 387 g/mol. The van der Waals surface area contributed by atoms with Gasteiger partial charge in [0.25, 0.3) is 0 Å². The van der Waals surface area contributed by atoms with E-state index in [9.17, 15) is 9.59 Å². The summed E-state index contributed by atoms with van der Waals surface area (Å²) in [6, 6.07) is 0. The molecule has 2 amide bonds. The van der Waals surface area contributed by atoms with Crippen LogP contribution in [-0.4, -0.2) is 51.7 Å². The summed E-state index contributed by atoms with van der Waals surface area (Å²) < 4.78 is 4.94. The Morgan fingerprint density at radius 2 is 1.54 bits per heavy atom. The largest absolute Gasteiger partial charge is 0.383 e. The highest BCUT2D eigenvalue weighted by molar-refractivity contribution is 5.85. The standard InChI is InChI=1S/C19H33N3O3.ClH/c1-25-7-6-20-4-5-21-17(23)2-3-22-18(24)19-11-14-8-15(12-19)10-16(9-14)13-19;/h14-16,20H,2-13H2,1H3,(H,21,23)(H,22,24);1H. The summed E-state index contributed by atoms with van der Waals surface area (Å²) in [5, 5.41) is 9.11. The fraction of sp³-hybridized carbons (Fsp3) is 0.895. The third-order valence-electron chi connectivity index (χ3n) is 6.26. The van der Waals surface area contributed by atoms with Crippen LogP contribution in [-0.2, 0) is 14.3 Å². The van der Waals surface area contributed by atoms with Gasteiger partial charge < -0.3 is 20.7 Å². The van der Waals surface area contributed by atoms with Crippen LogP contribution in [0.25, 0.3) is 0 Å². The van der Waals surface area contributed by atoms with Crippen LogP contribution in [0.5, 0.6) is 0 Å². The Hall–Kier alpha value is -0.850. The molecule has 4 bridgehead atoms. The number of amides is 2. The highest BCUT2D eigenvalue weighted by Crippen LogP contribution is 2.60. The van der Waals surface area contributed by atoms with E-state index in [-0.39, 0.29) is 29.6 Å². The predicted octanol–water partition coefficient (Wildman–Crippen LogP) is 1.48. The first-order chi connectivity index (χ1) is 12.1. The quantitative estimate of drug-likeness (QED) is 0.496. The number of rotatable bonds is 10. The van der Waals surface area contributed by atoms with E-state index in [1.165, 1.54) is 19.3 Å². The Labute approximate surface area is 163 Å². The van der Waals surface area contributed by atoms with Crippen molar-refractivity contribution in [1.82, 2.24) is 16.0 Å². The van der Waals surface area contributed by atoms with Gasteiger partial charge in [0, 0.05) is 45.1 Å². The predicted molar refractivity (Wildman–Crippen MR) is 103 cm³/mol. The Kier molecular flexibility index (Phi) is 8.17. The first kappa shape index (κ1) is 21.5. The van der Waals surface area contributed by atoms with E-state index in [1.54, 1.807) is 7.11 Å². The van der Waals surface area contributed by atoms with E-state index in [4.69, 9.17) is 4.74 Å². The molecular formula is C19H34ClN3O3. The first-order valence-corrected chi connectivity index (χ1v) is 9.86. The summed E-state index contributed by atoms with van der Waals surface area (Å²) in [7, 11) is 1.67. The van der Waals surface area contributed by atoms with Crippen molar-refractivity contribution in [3.8, 4) is 0 Å². The van der Waals surface area contributed by atoms with Gasteiger partial charge in [-0.15, -0.1) is 12.4 Å². The van der Waals surface area contributed by atoms with Crippen LogP contribution in [0.4, 0.5) is 0 Å². The average molecular weight is 388 g/mol. The van der Waals surface area contributed by atoms with Crippen molar-refractivity contribution in [1.29, 1.82) is 0 Å². The second kappa shape index (κ2) is 9.90. The van der Waals surface area contributed by atoms with Crippen LogP contribution in [0.15, 0.2) is 0 Å². The molecule has 6 nitrogen and oxygen atoms in total. The van der Waals surface area contributed by atoms with Crippen LogP contribution in [0.2, 0.25) is 0 Å². The van der Waals surface area contributed by atoms with Gasteiger partial charge in [0.1, 0.15) is 0 Å². The van der Waals surface area contributed by atoms with Crippen molar-refractivity contribution in [2.45, 2.75) is 44.9 Å². The highest BCUT2D eigenvalue weighted by atomic mass is 35.5. The van der Waals surface area contributed by atoms with Crippen LogP contribution in [0.1, 0.15) is 44.9 Å². The van der Waals surface area contributed by atoms with Crippen molar-refractivity contribution >= 4 is 24.2 Å². The molecule has 3 N–H and O–H groups in total. The molecule has 150 valence electrons. The summed E-state index contributed by atoms with van der Waals surface area (Å²) in [5.41, 5.74) is -0.115. The number of hydrogen-bond acceptors (Lipinski definition) is 4. The van der Waals surface area contributed by atoms with Gasteiger partial charge in [-0.25, -0.2) is 0 Å². The fourth-order valence-electron chi connectivity index (χ4n) is 5.54. The molecule has 4 fully saturated rings. The topological polar surface area (TPSA) is 79.5 Å². The minimum atomic E-state index is -0.115. The third-order valence-corrected chi connectivity index (χ3v) is 6.26. The number of halogens is 1. The van der Waals surface area contributed by atoms with Crippen molar-refractivity contribution < 1.29 is 14.3 Å². The molecule has 0 radical (unpaired) electrons. The fourth-order valence-corrected chi connectivity index (χ4v) is 5.54. The summed E-state index contributed by atoms with van der Waals surface area (Å²) in [6.45, 7) is 3.24. The van der Waals surface area contributed by atoms with Crippen LogP contribution < -0.4 is 16.0 Å². The van der Waals surface area contributed by atoms with Gasteiger partial charge in [-0.1, -0.05) is 0 Å². The lowest BCUT2D eigenvalue weighted by Crippen LogP contribution is -2.53. The number of ether oxygens (including phenoxy) is 1. The molecule has 0 aliphatic heterocycles. The van der Waals surface area contributed by atoms with Gasteiger partial charge in [0.2, 0.25) is 11.8 Å². The number of carbonyl (C=O) groups is 2. The average Bonchev–Trinajstić information content (AvgIpc) is 2.56. The zero-order chi connectivity index (χ0) is 17.7. The molecular weight excluding hydrogens is 354 g/mol. The molecule has 26 heavy (non-hydrogen) atoms. The van der Waals surface area contributed by atoms with Gasteiger partial charge in [-0.05, 0) is 56.3 Å². The zero-order valence-electron chi connectivity index (χ0n) is 15.9. The van der Waals surface area contributed by atoms with Crippen molar-refractivity contribution in [2.24, 2.45) is 23.2 Å². The van der Waals surface area contributed by atoms with Gasteiger partial charge in [0.15, 0.2) is 0 Å². The lowest BCUT2D eigenvalue weighted by Gasteiger charge is -2.55. The smallest absolute Gasteiger partial charge is 0.226 e. The summed E-state index contributed by atoms with van der Waals surface area (Å²) in [6.07, 6.45) is 7.60. The molecule has 7 heteroatoms. The lowest BCUT2D eigenvalue weighted by atomic mass is 9.49. The Balaban J connectivity index is 0.00000243. The lowest BCUT2D eigenvalue weighted by molar-refractivity contribution is -0.146. The molecule has 0 saturated heterocycles. The molecule has 4 rings (SSSR count). The van der Waals surface area contributed by atoms with Gasteiger partial charge in [-0.3, -0.25) is 9.59 Å². The van der Waals surface area contributed by atoms with E-state index >= 15 is 0 Å². The SMILES string of the molecule is COCCNCCNC(=O)CCNC(=O)C12CC3CC(CC(C3)C1)C2.Cl. The number of nitrogens with one attached hydrogen (secondary N) is 3. The Morgan fingerprint density at radius 1 is 0.923 bits per heavy atom. The van der Waals surface area contributed by atoms with Crippen LogP contribution >= 0.6 is 12.4 Å². The van der Waals surface area contributed by atoms with Gasteiger partial charge >= 0.3 is 0 Å². The van der Waals surface area contributed by atoms with E-state index in [0.717, 1.165) is 50.1 Å². The van der Waals surface area contributed by atoms with E-state index < -0.39 is 0 Å². The summed E-state index contributed by atoms with van der Waals surface area (Å²) >= 11 is 0. The molecule has 0 heterocycles. The molecule has 4 aliphatic carbocycles. The van der Waals surface area contributed by atoms with Crippen molar-refractivity contribution in [3.63, 3.8) is 0 Å². The summed E-state index contributed by atoms with van der Waals surface area (Å²) in [4.78, 5) is 24.6. The Bertz CT molecular complexity index is 451. The zero-order valence-corrected chi connectivity index (χ0v) is 16.7. The summed E-state index contributed by atoms with van der Waals surface area (Å²) in [5.74, 6) is 2.52. The third kappa shape index (κ3) is 5.33. The second-order valence-corrected chi connectivity index (χ2v) is 8.30. The second-order valence-electron chi connectivity index (χ2n) is 8.30. The van der Waals surface area contributed by atoms with E-state index in [2.05, 4.69) is 16.0 Å². The normalized spacial score (nSPS) is 31.3. The minimum absolute atomic E-state index is 0. The molecule has 0 aromatic heterocycles. The number of methoxy groups -OCH3 is 1. The highest BCUT2D eigenvalue weighted by Gasteiger charge is 2.54. The van der Waals surface area contributed by atoms with E-state index in [1.807, 2.05) is 0 Å². The number of hydrogen-bond donors (Lipinski definition) is 3. The van der Waals surface area contributed by atoms with Gasteiger partial charge in [0.05, 0.1) is 6.61 Å². The molecule has 4 aliphatic rings. The maximum atomic E-state index is 12.8. The molecule has 0 unspecified atom stereocenters. The van der Waals surface area contributed by atoms with Crippen molar-refractivity contribution in [3.05, 3.63) is 0 Å². The van der Waals surface area contributed by atoms with E-state index in [0.29, 0.717) is 26.1 Å². The maximum absolute atomic E-state index is 12.8. The molecule has 0 aromatic rings. The van der Waals surface area contributed by atoms with Crippen LogP contribution in [0, 0.1) is 23.2 Å². The molecule has 0 aromatic carbocycles.